The number of aliphatic hydroxyl groups excluding tert-OH is 1. The van der Waals surface area contributed by atoms with Gasteiger partial charge in [-0.25, -0.2) is 4.79 Å². The van der Waals surface area contributed by atoms with E-state index in [1.165, 1.54) is 0 Å². The summed E-state index contributed by atoms with van der Waals surface area (Å²) in [7, 11) is 0. The first-order valence-corrected chi connectivity index (χ1v) is 4.17. The third kappa shape index (κ3) is 1.51. The second kappa shape index (κ2) is 2.99. The number of imide groups is 1. The normalized spacial score (nSPS) is 23.2. The summed E-state index contributed by atoms with van der Waals surface area (Å²) in [6.45, 7) is 4.68. The molecule has 0 bridgehead atoms. The number of carbonyl (C=O) groups is 2. The summed E-state index contributed by atoms with van der Waals surface area (Å²) in [5.41, 5.74) is -0.847. The van der Waals surface area contributed by atoms with Gasteiger partial charge in [0.2, 0.25) is 0 Å². The minimum atomic E-state index is -0.847. The van der Waals surface area contributed by atoms with Crippen LogP contribution in [0.2, 0.25) is 0 Å². The Bertz CT molecular complexity index is 250. The zero-order valence-electron chi connectivity index (χ0n) is 8.00. The van der Waals surface area contributed by atoms with Gasteiger partial charge in [0.15, 0.2) is 0 Å². The molecule has 1 aliphatic heterocycles. The van der Waals surface area contributed by atoms with Crippen LogP contribution in [0.1, 0.15) is 20.8 Å². The zero-order valence-corrected chi connectivity index (χ0v) is 8.00. The van der Waals surface area contributed by atoms with Gasteiger partial charge in [0.25, 0.3) is 5.91 Å². The Kier molecular flexibility index (Phi) is 2.30. The van der Waals surface area contributed by atoms with Crippen molar-refractivity contribution in [2.75, 3.05) is 6.61 Å². The lowest BCUT2D eigenvalue weighted by Crippen LogP contribution is -2.43. The first-order chi connectivity index (χ1) is 5.90. The van der Waals surface area contributed by atoms with Crippen LogP contribution in [0.15, 0.2) is 0 Å². The summed E-state index contributed by atoms with van der Waals surface area (Å²) in [5.74, 6) is -0.293. The van der Waals surface area contributed by atoms with Crippen molar-refractivity contribution in [2.24, 2.45) is 0 Å². The Balaban J connectivity index is 2.89. The van der Waals surface area contributed by atoms with E-state index in [0.29, 0.717) is 0 Å². The van der Waals surface area contributed by atoms with Crippen LogP contribution in [-0.2, 0) is 4.79 Å². The van der Waals surface area contributed by atoms with E-state index in [1.807, 2.05) is 0 Å². The van der Waals surface area contributed by atoms with Crippen molar-refractivity contribution in [1.82, 2.24) is 10.2 Å². The molecule has 0 unspecified atom stereocenters. The zero-order chi connectivity index (χ0) is 10.2. The smallest absolute Gasteiger partial charge is 0.325 e. The Morgan fingerprint density at radius 3 is 2.38 bits per heavy atom. The molecule has 1 aliphatic rings. The molecule has 3 amide bonds. The van der Waals surface area contributed by atoms with Gasteiger partial charge in [-0.1, -0.05) is 0 Å². The average molecular weight is 186 g/mol. The number of urea groups is 1. The van der Waals surface area contributed by atoms with Crippen LogP contribution < -0.4 is 5.32 Å². The maximum absolute atomic E-state index is 11.6. The molecule has 0 spiro atoms. The largest absolute Gasteiger partial charge is 0.394 e. The van der Waals surface area contributed by atoms with E-state index in [2.05, 4.69) is 5.32 Å². The molecule has 5 heteroatoms. The highest BCUT2D eigenvalue weighted by molar-refractivity contribution is 6.06. The lowest BCUT2D eigenvalue weighted by atomic mass is 10.1. The number of nitrogens with zero attached hydrogens (tertiary/aromatic N) is 1. The van der Waals surface area contributed by atoms with E-state index in [0.717, 1.165) is 4.90 Å². The van der Waals surface area contributed by atoms with Crippen molar-refractivity contribution >= 4 is 11.9 Å². The van der Waals surface area contributed by atoms with Gasteiger partial charge in [0.1, 0.15) is 5.54 Å². The van der Waals surface area contributed by atoms with E-state index in [-0.39, 0.29) is 12.5 Å². The molecule has 2 N–H and O–H groups in total. The molecule has 0 aromatic heterocycles. The van der Waals surface area contributed by atoms with Crippen LogP contribution in [0.3, 0.4) is 0 Å². The Hall–Kier alpha value is -1.10. The molecule has 1 rings (SSSR count). The van der Waals surface area contributed by atoms with Gasteiger partial charge in [0, 0.05) is 0 Å². The van der Waals surface area contributed by atoms with Crippen molar-refractivity contribution < 1.29 is 14.7 Å². The first kappa shape index (κ1) is 9.98. The van der Waals surface area contributed by atoms with E-state index in [1.54, 1.807) is 20.8 Å². The van der Waals surface area contributed by atoms with E-state index in [4.69, 9.17) is 5.11 Å². The molecular weight excluding hydrogens is 172 g/mol. The topological polar surface area (TPSA) is 69.6 Å². The molecular formula is C8H14N2O3. The summed E-state index contributed by atoms with van der Waals surface area (Å²) in [6.07, 6.45) is 0. The number of amides is 3. The number of nitrogens with one attached hydrogen (secondary N) is 1. The molecule has 1 heterocycles. The number of hydrogen-bond donors (Lipinski definition) is 2. The third-order valence-electron chi connectivity index (χ3n) is 2.10. The van der Waals surface area contributed by atoms with Gasteiger partial charge in [0.05, 0.1) is 12.6 Å². The molecule has 1 atom stereocenters. The highest BCUT2D eigenvalue weighted by Crippen LogP contribution is 2.18. The van der Waals surface area contributed by atoms with Gasteiger partial charge in [-0.3, -0.25) is 9.69 Å². The van der Waals surface area contributed by atoms with Gasteiger partial charge in [-0.05, 0) is 20.8 Å². The van der Waals surface area contributed by atoms with Crippen LogP contribution in [-0.4, -0.2) is 40.1 Å². The maximum Gasteiger partial charge on any atom is 0.325 e. The lowest BCUT2D eigenvalue weighted by Gasteiger charge is -2.20. The van der Waals surface area contributed by atoms with E-state index in [9.17, 15) is 9.59 Å². The average Bonchev–Trinajstić information content (AvgIpc) is 2.21. The predicted octanol–water partition coefficient (Wildman–Crippen LogP) is -0.302. The molecule has 0 aromatic rings. The summed E-state index contributed by atoms with van der Waals surface area (Å²) in [5, 5.41) is 11.4. The van der Waals surface area contributed by atoms with Gasteiger partial charge >= 0.3 is 6.03 Å². The maximum atomic E-state index is 11.6. The molecule has 5 nitrogen and oxygen atoms in total. The summed E-state index contributed by atoms with van der Waals surface area (Å²) < 4.78 is 0. The minimum absolute atomic E-state index is 0.213. The van der Waals surface area contributed by atoms with E-state index >= 15 is 0 Å². The number of hydrogen-bond acceptors (Lipinski definition) is 3. The Morgan fingerprint density at radius 1 is 1.54 bits per heavy atom. The number of rotatable bonds is 2. The number of carbonyl (C=O) groups excluding carboxylic acids is 2. The molecule has 1 fully saturated rings. The summed E-state index contributed by atoms with van der Waals surface area (Å²) >= 11 is 0. The van der Waals surface area contributed by atoms with Crippen molar-refractivity contribution in [1.29, 1.82) is 0 Å². The third-order valence-corrected chi connectivity index (χ3v) is 2.10. The molecule has 1 saturated heterocycles. The molecule has 0 aliphatic carbocycles. The van der Waals surface area contributed by atoms with E-state index < -0.39 is 17.6 Å². The molecule has 13 heavy (non-hydrogen) atoms. The second-order valence-corrected chi connectivity index (χ2v) is 3.76. The highest BCUT2D eigenvalue weighted by atomic mass is 16.3. The predicted molar refractivity (Wildman–Crippen MR) is 46.0 cm³/mol. The highest BCUT2D eigenvalue weighted by Gasteiger charge is 2.45. The molecule has 0 saturated carbocycles. The molecule has 0 aromatic carbocycles. The van der Waals surface area contributed by atoms with Gasteiger partial charge in [-0.15, -0.1) is 0 Å². The SMILES string of the molecule is C[C@@H](CO)N1C(=O)NC(C)(C)C1=O. The number of aliphatic hydroxyl groups is 1. The fourth-order valence-electron chi connectivity index (χ4n) is 1.26. The summed E-state index contributed by atoms with van der Waals surface area (Å²) in [6, 6.07) is -0.897. The lowest BCUT2D eigenvalue weighted by molar-refractivity contribution is -0.132. The Morgan fingerprint density at radius 2 is 2.08 bits per heavy atom. The summed E-state index contributed by atoms with van der Waals surface area (Å²) in [4.78, 5) is 23.9. The molecule has 0 radical (unpaired) electrons. The van der Waals surface area contributed by atoms with Crippen LogP contribution in [0.5, 0.6) is 0 Å². The van der Waals surface area contributed by atoms with Crippen LogP contribution >= 0.6 is 0 Å². The van der Waals surface area contributed by atoms with Crippen molar-refractivity contribution in [3.63, 3.8) is 0 Å². The fraction of sp³-hybridized carbons (Fsp3) is 0.750. The van der Waals surface area contributed by atoms with Crippen LogP contribution in [0.25, 0.3) is 0 Å². The minimum Gasteiger partial charge on any atom is -0.394 e. The van der Waals surface area contributed by atoms with Crippen molar-refractivity contribution in [3.8, 4) is 0 Å². The standard InChI is InChI=1S/C8H14N2O3/c1-5(4-11)10-6(12)8(2,3)9-7(10)13/h5,11H,4H2,1-3H3,(H,9,13)/t5-/m0/s1. The Labute approximate surface area is 76.7 Å². The van der Waals surface area contributed by atoms with Crippen LogP contribution in [0, 0.1) is 0 Å². The van der Waals surface area contributed by atoms with Crippen molar-refractivity contribution in [3.05, 3.63) is 0 Å². The van der Waals surface area contributed by atoms with Gasteiger partial charge < -0.3 is 10.4 Å². The van der Waals surface area contributed by atoms with Crippen molar-refractivity contribution in [2.45, 2.75) is 32.4 Å². The van der Waals surface area contributed by atoms with Crippen LogP contribution in [0.4, 0.5) is 4.79 Å². The second-order valence-electron chi connectivity index (χ2n) is 3.76. The fourth-order valence-corrected chi connectivity index (χ4v) is 1.26. The van der Waals surface area contributed by atoms with Gasteiger partial charge in [-0.2, -0.15) is 0 Å². The first-order valence-electron chi connectivity index (χ1n) is 4.17. The monoisotopic (exact) mass is 186 g/mol. The molecule has 74 valence electrons. The quantitative estimate of drug-likeness (QED) is 0.581.